The Morgan fingerprint density at radius 3 is 2.57 bits per heavy atom. The van der Waals surface area contributed by atoms with Crippen molar-refractivity contribution in [3.8, 4) is 0 Å². The van der Waals surface area contributed by atoms with Gasteiger partial charge in [-0.15, -0.1) is 10.2 Å². The summed E-state index contributed by atoms with van der Waals surface area (Å²) in [6, 6.07) is 6.13. The van der Waals surface area contributed by atoms with Crippen molar-refractivity contribution in [3.05, 3.63) is 67.9 Å². The molecule has 2 aromatic heterocycles. The quantitative estimate of drug-likeness (QED) is 0.536. The van der Waals surface area contributed by atoms with Gasteiger partial charge in [-0.1, -0.05) is 45.0 Å². The van der Waals surface area contributed by atoms with Gasteiger partial charge in [0.2, 0.25) is 5.82 Å². The minimum absolute atomic E-state index is 0.0372. The van der Waals surface area contributed by atoms with Crippen LogP contribution in [0.1, 0.15) is 61.6 Å². The third-order valence-corrected chi connectivity index (χ3v) is 7.00. The van der Waals surface area contributed by atoms with Crippen molar-refractivity contribution in [3.63, 3.8) is 0 Å². The highest BCUT2D eigenvalue weighted by Gasteiger charge is 2.39. The Balaban J connectivity index is 1.39. The first-order valence-corrected chi connectivity index (χ1v) is 12.5. The molecule has 4 heterocycles. The Kier molecular flexibility index (Phi) is 6.17. The molecule has 1 atom stereocenters. The van der Waals surface area contributed by atoms with E-state index in [-0.39, 0.29) is 23.7 Å². The number of fused-ring (bicyclic) bond motifs is 2. The standard InChI is InChI=1S/C26H32F3N7O/c1-16-6-7-17(13-34-10-11-35-21(14-34)31-32-23(35)26(27,28)29)12-18(16)19-8-9-20-22(30-19)33(5)24(37)36(20)15-25(2,3)4/h6-7,9,12,19H,8,10-11,13-15H2,1-5H3. The van der Waals surface area contributed by atoms with Gasteiger partial charge in [-0.05, 0) is 35.4 Å². The van der Waals surface area contributed by atoms with Gasteiger partial charge in [0, 0.05) is 33.2 Å². The van der Waals surface area contributed by atoms with E-state index in [1.165, 1.54) is 4.57 Å². The van der Waals surface area contributed by atoms with Gasteiger partial charge in [-0.3, -0.25) is 19.0 Å². The lowest BCUT2D eigenvalue weighted by molar-refractivity contribution is -0.148. The van der Waals surface area contributed by atoms with Crippen LogP contribution in [0.4, 0.5) is 13.2 Å². The first kappa shape index (κ1) is 25.4. The lowest BCUT2D eigenvalue weighted by Crippen LogP contribution is -2.38. The first-order chi connectivity index (χ1) is 17.3. The van der Waals surface area contributed by atoms with Crippen LogP contribution < -0.4 is 16.5 Å². The fourth-order valence-corrected chi connectivity index (χ4v) is 5.23. The minimum Gasteiger partial charge on any atom is -0.305 e. The van der Waals surface area contributed by atoms with E-state index in [0.29, 0.717) is 43.9 Å². The largest absolute Gasteiger partial charge is 0.451 e. The molecule has 11 heteroatoms. The summed E-state index contributed by atoms with van der Waals surface area (Å²) in [7, 11) is 1.77. The third kappa shape index (κ3) is 4.88. The van der Waals surface area contributed by atoms with Crippen LogP contribution in [0, 0.1) is 12.3 Å². The number of hydrogen-bond donors (Lipinski definition) is 0. The van der Waals surface area contributed by atoms with Gasteiger partial charge in [-0.2, -0.15) is 13.2 Å². The van der Waals surface area contributed by atoms with E-state index in [4.69, 9.17) is 4.99 Å². The summed E-state index contributed by atoms with van der Waals surface area (Å²) in [6.07, 6.45) is -1.70. The molecule has 8 nitrogen and oxygen atoms in total. The van der Waals surface area contributed by atoms with Gasteiger partial charge in [0.1, 0.15) is 5.82 Å². The first-order valence-electron chi connectivity index (χ1n) is 12.5. The molecule has 0 amide bonds. The highest BCUT2D eigenvalue weighted by molar-refractivity contribution is 5.37. The molecule has 0 radical (unpaired) electrons. The van der Waals surface area contributed by atoms with E-state index in [2.05, 4.69) is 61.0 Å². The van der Waals surface area contributed by atoms with Crippen molar-refractivity contribution >= 4 is 6.08 Å². The van der Waals surface area contributed by atoms with E-state index in [9.17, 15) is 18.0 Å². The highest BCUT2D eigenvalue weighted by Crippen LogP contribution is 2.30. The van der Waals surface area contributed by atoms with Gasteiger partial charge in [-0.25, -0.2) is 4.79 Å². The second-order valence-electron chi connectivity index (χ2n) is 11.3. The van der Waals surface area contributed by atoms with Gasteiger partial charge in [0.15, 0.2) is 5.49 Å². The molecule has 3 aromatic rings. The van der Waals surface area contributed by atoms with Crippen LogP contribution >= 0.6 is 0 Å². The predicted octanol–water partition coefficient (Wildman–Crippen LogP) is 2.71. The molecule has 5 rings (SSSR count). The summed E-state index contributed by atoms with van der Waals surface area (Å²) in [5.41, 5.74) is 3.87. The number of nitrogens with zero attached hydrogens (tertiary/aromatic N) is 7. The third-order valence-electron chi connectivity index (χ3n) is 7.00. The normalized spacial score (nSPS) is 18.2. The molecule has 0 aliphatic carbocycles. The van der Waals surface area contributed by atoms with Gasteiger partial charge in [0.25, 0.3) is 0 Å². The number of aromatic nitrogens is 5. The summed E-state index contributed by atoms with van der Waals surface area (Å²) < 4.78 is 44.1. The molecule has 2 aliphatic rings. The van der Waals surface area contributed by atoms with E-state index in [0.717, 1.165) is 22.0 Å². The number of aryl methyl sites for hydroxylation is 1. The van der Waals surface area contributed by atoms with E-state index in [1.807, 2.05) is 10.6 Å². The van der Waals surface area contributed by atoms with Crippen LogP contribution in [-0.2, 0) is 39.4 Å². The molecule has 0 bridgehead atoms. The molecule has 1 aromatic carbocycles. The predicted molar refractivity (Wildman–Crippen MR) is 132 cm³/mol. The van der Waals surface area contributed by atoms with Crippen molar-refractivity contribution in [2.75, 3.05) is 6.54 Å². The van der Waals surface area contributed by atoms with Crippen LogP contribution in [0.3, 0.4) is 0 Å². The van der Waals surface area contributed by atoms with Crippen molar-refractivity contribution in [2.45, 2.75) is 72.5 Å². The average Bonchev–Trinajstić information content (AvgIpc) is 3.34. The van der Waals surface area contributed by atoms with Crippen molar-refractivity contribution in [2.24, 2.45) is 17.5 Å². The minimum atomic E-state index is -4.50. The van der Waals surface area contributed by atoms with Crippen molar-refractivity contribution in [1.29, 1.82) is 0 Å². The Labute approximate surface area is 212 Å². The zero-order valence-electron chi connectivity index (χ0n) is 21.8. The molecule has 2 aliphatic heterocycles. The number of hydrogen-bond acceptors (Lipinski definition) is 5. The van der Waals surface area contributed by atoms with Crippen LogP contribution in [0.15, 0.2) is 28.0 Å². The van der Waals surface area contributed by atoms with E-state index >= 15 is 0 Å². The highest BCUT2D eigenvalue weighted by atomic mass is 19.4. The Hall–Kier alpha value is -3.21. The van der Waals surface area contributed by atoms with Crippen LogP contribution in [-0.4, -0.2) is 35.3 Å². The fraction of sp³-hybridized carbons (Fsp3) is 0.538. The van der Waals surface area contributed by atoms with E-state index < -0.39 is 12.0 Å². The number of imidazole rings is 1. The maximum atomic E-state index is 13.2. The lowest BCUT2D eigenvalue weighted by Gasteiger charge is -2.28. The SMILES string of the molecule is Cc1ccc(CN2CCn3c(nnc3C(F)(F)F)C2)cc1C1CC=c2c(n(C)c(=O)n2CC(C)(C)C)=N1. The molecule has 0 saturated heterocycles. The molecule has 198 valence electrons. The Morgan fingerprint density at radius 1 is 1.11 bits per heavy atom. The molecule has 0 fully saturated rings. The second kappa shape index (κ2) is 8.97. The number of alkyl halides is 3. The summed E-state index contributed by atoms with van der Waals surface area (Å²) in [5.74, 6) is -0.601. The Bertz CT molecular complexity index is 1520. The van der Waals surface area contributed by atoms with Crippen molar-refractivity contribution in [1.82, 2.24) is 28.8 Å². The summed E-state index contributed by atoms with van der Waals surface area (Å²) in [6.45, 7) is 10.6. The zero-order chi connectivity index (χ0) is 26.7. The van der Waals surface area contributed by atoms with Gasteiger partial charge < -0.3 is 4.57 Å². The molecule has 0 spiro atoms. The average molecular weight is 516 g/mol. The number of halogens is 3. The molecule has 37 heavy (non-hydrogen) atoms. The second-order valence-corrected chi connectivity index (χ2v) is 11.3. The Morgan fingerprint density at radius 2 is 1.86 bits per heavy atom. The fourth-order valence-electron chi connectivity index (χ4n) is 5.23. The van der Waals surface area contributed by atoms with Crippen LogP contribution in [0.25, 0.3) is 6.08 Å². The smallest absolute Gasteiger partial charge is 0.305 e. The topological polar surface area (TPSA) is 73.2 Å². The summed E-state index contributed by atoms with van der Waals surface area (Å²) >= 11 is 0. The zero-order valence-corrected chi connectivity index (χ0v) is 21.8. The van der Waals surface area contributed by atoms with Gasteiger partial charge in [0.05, 0.1) is 17.9 Å². The monoisotopic (exact) mass is 515 g/mol. The molecular weight excluding hydrogens is 483 g/mol. The number of rotatable bonds is 4. The van der Waals surface area contributed by atoms with Gasteiger partial charge >= 0.3 is 11.9 Å². The summed E-state index contributed by atoms with van der Waals surface area (Å²) in [5, 5.41) is 8.03. The maximum absolute atomic E-state index is 13.2. The van der Waals surface area contributed by atoms with Crippen LogP contribution in [0.5, 0.6) is 0 Å². The van der Waals surface area contributed by atoms with Crippen LogP contribution in [0.2, 0.25) is 0 Å². The maximum Gasteiger partial charge on any atom is 0.451 e. The number of benzene rings is 1. The molecule has 1 unspecified atom stereocenters. The molecule has 0 saturated carbocycles. The van der Waals surface area contributed by atoms with E-state index in [1.54, 1.807) is 11.6 Å². The lowest BCUT2D eigenvalue weighted by atomic mass is 9.95. The molecule has 0 N–H and O–H groups in total. The summed E-state index contributed by atoms with van der Waals surface area (Å²) in [4.78, 5) is 20.0. The molecular formula is C26H32F3N7O. The van der Waals surface area contributed by atoms with Crippen molar-refractivity contribution < 1.29 is 13.2 Å².